The zero-order valence-electron chi connectivity index (χ0n) is 14.8. The number of carbonyl (C=O) groups excluding carboxylic acids is 1. The minimum Gasteiger partial charge on any atom is -0.379 e. The highest BCUT2D eigenvalue weighted by Crippen LogP contribution is 2.25. The molecule has 0 spiro atoms. The second-order valence-corrected chi connectivity index (χ2v) is 6.58. The zero-order valence-corrected chi connectivity index (χ0v) is 15.6. The number of pyridine rings is 1. The predicted molar refractivity (Wildman–Crippen MR) is 103 cm³/mol. The van der Waals surface area contributed by atoms with Crippen LogP contribution in [-0.4, -0.2) is 55.2 Å². The van der Waals surface area contributed by atoms with Gasteiger partial charge in [0.2, 0.25) is 0 Å². The van der Waals surface area contributed by atoms with Crippen molar-refractivity contribution in [3.63, 3.8) is 0 Å². The summed E-state index contributed by atoms with van der Waals surface area (Å²) in [5, 5.41) is 6.87. The van der Waals surface area contributed by atoms with Gasteiger partial charge in [-0.15, -0.1) is 0 Å². The van der Waals surface area contributed by atoms with Gasteiger partial charge in [-0.2, -0.15) is 0 Å². The fourth-order valence-corrected chi connectivity index (χ4v) is 2.95. The topological polar surface area (TPSA) is 66.5 Å². The van der Waals surface area contributed by atoms with Crippen LogP contribution in [0, 0.1) is 6.92 Å². The minimum absolute atomic E-state index is 0.105. The molecule has 1 aromatic carbocycles. The van der Waals surface area contributed by atoms with Crippen molar-refractivity contribution in [2.24, 2.45) is 0 Å². The summed E-state index contributed by atoms with van der Waals surface area (Å²) in [5.41, 5.74) is 2.38. The number of nitrogens with one attached hydrogen (secondary N) is 2. The average Bonchev–Trinajstić information content (AvgIpc) is 2.66. The smallest absolute Gasteiger partial charge is 0.251 e. The maximum Gasteiger partial charge on any atom is 0.251 e. The van der Waals surface area contributed by atoms with Gasteiger partial charge in [0.1, 0.15) is 5.82 Å². The van der Waals surface area contributed by atoms with Gasteiger partial charge in [-0.05, 0) is 36.8 Å². The van der Waals surface area contributed by atoms with Crippen LogP contribution in [0.1, 0.15) is 15.9 Å². The number of amides is 1. The summed E-state index contributed by atoms with van der Waals surface area (Å²) < 4.78 is 5.32. The van der Waals surface area contributed by atoms with E-state index in [1.807, 2.05) is 25.1 Å². The van der Waals surface area contributed by atoms with Gasteiger partial charge in [-0.1, -0.05) is 17.7 Å². The third-order valence-corrected chi connectivity index (χ3v) is 4.78. The van der Waals surface area contributed by atoms with Gasteiger partial charge in [0, 0.05) is 48.6 Å². The molecule has 0 unspecified atom stereocenters. The molecule has 1 aliphatic rings. The molecule has 0 bridgehead atoms. The lowest BCUT2D eigenvalue weighted by atomic mass is 10.2. The summed E-state index contributed by atoms with van der Waals surface area (Å²) in [5.74, 6) is 0.503. The van der Waals surface area contributed by atoms with Gasteiger partial charge in [0.05, 0.1) is 13.2 Å². The fraction of sp³-hybridized carbons (Fsp3) is 0.368. The first-order chi connectivity index (χ1) is 12.6. The molecule has 1 aromatic heterocycles. The summed E-state index contributed by atoms with van der Waals surface area (Å²) in [4.78, 5) is 18.9. The molecule has 138 valence electrons. The van der Waals surface area contributed by atoms with E-state index in [-0.39, 0.29) is 5.91 Å². The summed E-state index contributed by atoms with van der Waals surface area (Å²) in [6.45, 7) is 6.72. The number of morpholine rings is 1. The third-order valence-electron chi connectivity index (χ3n) is 4.37. The first-order valence-corrected chi connectivity index (χ1v) is 9.08. The summed E-state index contributed by atoms with van der Waals surface area (Å²) in [6.07, 6.45) is 1.62. The molecule has 0 atom stereocenters. The number of aromatic nitrogens is 1. The number of benzene rings is 1. The van der Waals surface area contributed by atoms with E-state index < -0.39 is 0 Å². The van der Waals surface area contributed by atoms with E-state index in [1.54, 1.807) is 18.3 Å². The quantitative estimate of drug-likeness (QED) is 0.813. The summed E-state index contributed by atoms with van der Waals surface area (Å²) in [6, 6.07) is 9.09. The van der Waals surface area contributed by atoms with Crippen LogP contribution >= 0.6 is 11.6 Å². The molecule has 3 rings (SSSR count). The second-order valence-electron chi connectivity index (χ2n) is 6.18. The highest BCUT2D eigenvalue weighted by molar-refractivity contribution is 6.31. The molecular weight excluding hydrogens is 352 g/mol. The number of ether oxygens (including phenoxy) is 1. The molecule has 6 nitrogen and oxygen atoms in total. The standard InChI is InChI=1S/C19H23ClN4O2/c1-14-16(20)3-2-4-17(14)23-18-13-15(5-6-21-18)19(25)22-7-8-24-9-11-26-12-10-24/h2-6,13H,7-12H2,1H3,(H,21,23)(H,22,25). The van der Waals surface area contributed by atoms with Crippen LogP contribution < -0.4 is 10.6 Å². The number of nitrogens with zero attached hydrogens (tertiary/aromatic N) is 2. The van der Waals surface area contributed by atoms with Gasteiger partial charge in [-0.25, -0.2) is 4.98 Å². The molecule has 1 fully saturated rings. The maximum absolute atomic E-state index is 12.4. The van der Waals surface area contributed by atoms with Gasteiger partial charge >= 0.3 is 0 Å². The average molecular weight is 375 g/mol. The Morgan fingerprint density at radius 2 is 2.12 bits per heavy atom. The number of hydrogen-bond acceptors (Lipinski definition) is 5. The third kappa shape index (κ3) is 4.94. The van der Waals surface area contributed by atoms with E-state index in [4.69, 9.17) is 16.3 Å². The lowest BCUT2D eigenvalue weighted by molar-refractivity contribution is 0.0383. The number of halogens is 1. The predicted octanol–water partition coefficient (Wildman–Crippen LogP) is 2.85. The first-order valence-electron chi connectivity index (χ1n) is 8.70. The van der Waals surface area contributed by atoms with Crippen LogP contribution in [0.4, 0.5) is 11.5 Å². The molecule has 2 N–H and O–H groups in total. The van der Waals surface area contributed by atoms with Crippen LogP contribution in [0.25, 0.3) is 0 Å². The fourth-order valence-electron chi connectivity index (χ4n) is 2.78. The Hall–Kier alpha value is -2.15. The molecule has 26 heavy (non-hydrogen) atoms. The molecule has 1 aliphatic heterocycles. The number of carbonyl (C=O) groups is 1. The normalized spacial score (nSPS) is 14.8. The second kappa shape index (κ2) is 8.98. The Balaban J connectivity index is 1.57. The number of rotatable bonds is 6. The van der Waals surface area contributed by atoms with Crippen molar-refractivity contribution in [3.05, 3.63) is 52.7 Å². The maximum atomic E-state index is 12.4. The summed E-state index contributed by atoms with van der Waals surface area (Å²) in [7, 11) is 0. The van der Waals surface area contributed by atoms with Crippen molar-refractivity contribution in [1.29, 1.82) is 0 Å². The Morgan fingerprint density at radius 1 is 1.31 bits per heavy atom. The van der Waals surface area contributed by atoms with E-state index in [0.29, 0.717) is 22.9 Å². The van der Waals surface area contributed by atoms with Gasteiger partial charge in [0.25, 0.3) is 5.91 Å². The SMILES string of the molecule is Cc1c(Cl)cccc1Nc1cc(C(=O)NCCN2CCOCC2)ccn1. The molecule has 0 saturated carbocycles. The van der Waals surface area contributed by atoms with E-state index in [1.165, 1.54) is 0 Å². The minimum atomic E-state index is -0.105. The van der Waals surface area contributed by atoms with E-state index >= 15 is 0 Å². The van der Waals surface area contributed by atoms with Crippen LogP contribution in [0.2, 0.25) is 5.02 Å². The molecule has 0 aliphatic carbocycles. The largest absolute Gasteiger partial charge is 0.379 e. The molecular formula is C19H23ClN4O2. The Labute approximate surface area is 158 Å². The van der Waals surface area contributed by atoms with Crippen molar-refractivity contribution in [1.82, 2.24) is 15.2 Å². The lowest BCUT2D eigenvalue weighted by Crippen LogP contribution is -2.41. The molecule has 1 saturated heterocycles. The van der Waals surface area contributed by atoms with Crippen molar-refractivity contribution in [2.75, 3.05) is 44.7 Å². The van der Waals surface area contributed by atoms with Gasteiger partial charge < -0.3 is 15.4 Å². The molecule has 1 amide bonds. The van der Waals surface area contributed by atoms with Crippen LogP contribution in [-0.2, 0) is 4.74 Å². The lowest BCUT2D eigenvalue weighted by Gasteiger charge is -2.26. The summed E-state index contributed by atoms with van der Waals surface area (Å²) >= 11 is 6.15. The highest BCUT2D eigenvalue weighted by Gasteiger charge is 2.12. The van der Waals surface area contributed by atoms with Crippen molar-refractivity contribution in [3.8, 4) is 0 Å². The molecule has 7 heteroatoms. The molecule has 2 heterocycles. The monoisotopic (exact) mass is 374 g/mol. The first kappa shape index (κ1) is 18.6. The Morgan fingerprint density at radius 3 is 2.92 bits per heavy atom. The van der Waals surface area contributed by atoms with Crippen molar-refractivity contribution >= 4 is 29.0 Å². The van der Waals surface area contributed by atoms with E-state index in [2.05, 4.69) is 20.5 Å². The highest BCUT2D eigenvalue weighted by atomic mass is 35.5. The van der Waals surface area contributed by atoms with Crippen LogP contribution in [0.3, 0.4) is 0 Å². The van der Waals surface area contributed by atoms with Gasteiger partial charge in [0.15, 0.2) is 0 Å². The van der Waals surface area contributed by atoms with Crippen molar-refractivity contribution < 1.29 is 9.53 Å². The Bertz CT molecular complexity index is 763. The Kier molecular flexibility index (Phi) is 6.44. The van der Waals surface area contributed by atoms with E-state index in [0.717, 1.165) is 44.1 Å². The van der Waals surface area contributed by atoms with Crippen molar-refractivity contribution in [2.45, 2.75) is 6.92 Å². The van der Waals surface area contributed by atoms with Crippen LogP contribution in [0.5, 0.6) is 0 Å². The molecule has 2 aromatic rings. The molecule has 0 radical (unpaired) electrons. The van der Waals surface area contributed by atoms with Gasteiger partial charge in [-0.3, -0.25) is 9.69 Å². The van der Waals surface area contributed by atoms with E-state index in [9.17, 15) is 4.79 Å². The van der Waals surface area contributed by atoms with Crippen LogP contribution in [0.15, 0.2) is 36.5 Å². The number of anilines is 2. The number of hydrogen-bond donors (Lipinski definition) is 2. The zero-order chi connectivity index (χ0) is 18.4.